The third-order valence-electron chi connectivity index (χ3n) is 5.69. The third-order valence-corrected chi connectivity index (χ3v) is 5.69. The summed E-state index contributed by atoms with van der Waals surface area (Å²) in [5, 5.41) is 10.3. The summed E-state index contributed by atoms with van der Waals surface area (Å²) in [4.78, 5) is 26.3. The molecular weight excluding hydrogens is 448 g/mol. The summed E-state index contributed by atoms with van der Waals surface area (Å²) in [6.45, 7) is 6.71. The van der Waals surface area contributed by atoms with Crippen LogP contribution in [0, 0.1) is 13.8 Å². The number of carbonyl (C=O) groups excluding carboxylic acids is 2. The van der Waals surface area contributed by atoms with Gasteiger partial charge in [-0.05, 0) is 44.5 Å². The second kappa shape index (κ2) is 11.4. The molecule has 3 aromatic rings. The van der Waals surface area contributed by atoms with E-state index in [1.54, 1.807) is 36.4 Å². The lowest BCUT2D eigenvalue weighted by molar-refractivity contribution is 0.102. The first-order chi connectivity index (χ1) is 16.8. The summed E-state index contributed by atoms with van der Waals surface area (Å²) in [6, 6.07) is 9.93. The van der Waals surface area contributed by atoms with Crippen LogP contribution in [0.2, 0.25) is 0 Å². The summed E-state index contributed by atoms with van der Waals surface area (Å²) >= 11 is 0. The largest absolute Gasteiger partial charge is 0.493 e. The number of hydrogen-bond acceptors (Lipinski definition) is 6. The Bertz CT molecular complexity index is 1190. The monoisotopic (exact) mass is 480 g/mol. The van der Waals surface area contributed by atoms with Gasteiger partial charge in [-0.25, -0.2) is 0 Å². The molecule has 0 radical (unpaired) electrons. The molecule has 0 bridgehead atoms. The highest BCUT2D eigenvalue weighted by molar-refractivity contribution is 6.13. The van der Waals surface area contributed by atoms with E-state index in [4.69, 9.17) is 14.2 Å². The standard InChI is InChI=1S/C26H32N4O5/c1-7-8-13-30-17(3)23(16(2)29-30)28-26(32)19-11-9-10-12-20(19)27-25(31)18-14-21(33-4)24(35-6)22(15-18)34-5/h9-12,14-15H,7-8,13H2,1-6H3,(H,27,31)(H,28,32). The Morgan fingerprint density at radius 2 is 1.60 bits per heavy atom. The Kier molecular flexibility index (Phi) is 8.35. The molecule has 35 heavy (non-hydrogen) atoms. The first kappa shape index (κ1) is 25.6. The summed E-state index contributed by atoms with van der Waals surface area (Å²) < 4.78 is 17.9. The average molecular weight is 481 g/mol. The maximum absolute atomic E-state index is 13.2. The number of rotatable bonds is 10. The van der Waals surface area contributed by atoms with E-state index in [-0.39, 0.29) is 5.91 Å². The van der Waals surface area contributed by atoms with E-state index in [1.165, 1.54) is 21.3 Å². The summed E-state index contributed by atoms with van der Waals surface area (Å²) in [5.74, 6) is 0.330. The van der Waals surface area contributed by atoms with E-state index in [0.717, 1.165) is 30.8 Å². The van der Waals surface area contributed by atoms with Crippen LogP contribution >= 0.6 is 0 Å². The van der Waals surface area contributed by atoms with Gasteiger partial charge in [0.1, 0.15) is 0 Å². The van der Waals surface area contributed by atoms with Crippen molar-refractivity contribution in [1.29, 1.82) is 0 Å². The van der Waals surface area contributed by atoms with Crippen LogP contribution in [0.15, 0.2) is 36.4 Å². The topological polar surface area (TPSA) is 104 Å². The number of nitrogens with one attached hydrogen (secondary N) is 2. The maximum atomic E-state index is 13.2. The molecule has 9 nitrogen and oxygen atoms in total. The fourth-order valence-corrected chi connectivity index (χ4v) is 3.78. The minimum atomic E-state index is -0.427. The Hall–Kier alpha value is -4.01. The molecule has 2 N–H and O–H groups in total. The molecule has 0 aliphatic carbocycles. The normalized spacial score (nSPS) is 10.6. The van der Waals surface area contributed by atoms with Crippen molar-refractivity contribution in [2.24, 2.45) is 0 Å². The van der Waals surface area contributed by atoms with Crippen LogP contribution in [0.25, 0.3) is 0 Å². The quantitative estimate of drug-likeness (QED) is 0.431. The number of aryl methyl sites for hydroxylation is 2. The molecule has 3 rings (SSSR count). The third kappa shape index (κ3) is 5.56. The Labute approximate surface area is 205 Å². The lowest BCUT2D eigenvalue weighted by Crippen LogP contribution is -2.19. The first-order valence-corrected chi connectivity index (χ1v) is 11.4. The highest BCUT2D eigenvalue weighted by Gasteiger charge is 2.20. The number of nitrogens with zero attached hydrogens (tertiary/aromatic N) is 2. The van der Waals surface area contributed by atoms with Gasteiger partial charge in [-0.3, -0.25) is 14.3 Å². The zero-order chi connectivity index (χ0) is 25.5. The molecule has 0 saturated carbocycles. The molecule has 1 heterocycles. The molecule has 1 aromatic heterocycles. The number of aromatic nitrogens is 2. The fraction of sp³-hybridized carbons (Fsp3) is 0.346. The molecule has 2 aromatic carbocycles. The fourth-order valence-electron chi connectivity index (χ4n) is 3.78. The van der Waals surface area contributed by atoms with E-state index in [1.807, 2.05) is 18.5 Å². The highest BCUT2D eigenvalue weighted by atomic mass is 16.5. The van der Waals surface area contributed by atoms with E-state index >= 15 is 0 Å². The number of anilines is 2. The summed E-state index contributed by atoms with van der Waals surface area (Å²) in [5.41, 5.74) is 3.30. The van der Waals surface area contributed by atoms with Crippen molar-refractivity contribution in [1.82, 2.24) is 9.78 Å². The van der Waals surface area contributed by atoms with Gasteiger partial charge in [-0.1, -0.05) is 25.5 Å². The zero-order valence-corrected chi connectivity index (χ0v) is 21.0. The minimum Gasteiger partial charge on any atom is -0.493 e. The van der Waals surface area contributed by atoms with Crippen LogP contribution in [0.3, 0.4) is 0 Å². The highest BCUT2D eigenvalue weighted by Crippen LogP contribution is 2.38. The van der Waals surface area contributed by atoms with Crippen molar-refractivity contribution in [2.45, 2.75) is 40.2 Å². The van der Waals surface area contributed by atoms with Gasteiger partial charge in [0.2, 0.25) is 5.75 Å². The Balaban J connectivity index is 1.86. The number of benzene rings is 2. The number of carbonyl (C=O) groups is 2. The molecule has 0 atom stereocenters. The molecule has 0 spiro atoms. The second-order valence-corrected chi connectivity index (χ2v) is 7.99. The molecular formula is C26H32N4O5. The number of hydrogen-bond donors (Lipinski definition) is 2. The lowest BCUT2D eigenvalue weighted by Gasteiger charge is -2.15. The Morgan fingerprint density at radius 3 is 2.20 bits per heavy atom. The van der Waals surface area contributed by atoms with Gasteiger partial charge in [0.25, 0.3) is 11.8 Å². The predicted octanol–water partition coefficient (Wildman–Crippen LogP) is 4.83. The number of ether oxygens (including phenoxy) is 3. The minimum absolute atomic E-state index is 0.290. The molecule has 9 heteroatoms. The second-order valence-electron chi connectivity index (χ2n) is 7.99. The maximum Gasteiger partial charge on any atom is 0.257 e. The number of methoxy groups -OCH3 is 3. The van der Waals surface area contributed by atoms with Gasteiger partial charge in [-0.2, -0.15) is 5.10 Å². The number of amides is 2. The smallest absolute Gasteiger partial charge is 0.257 e. The number of unbranched alkanes of at least 4 members (excludes halogenated alkanes) is 1. The molecule has 0 fully saturated rings. The summed E-state index contributed by atoms with van der Waals surface area (Å²) in [6.07, 6.45) is 2.06. The van der Waals surface area contributed by atoms with Crippen LogP contribution in [0.1, 0.15) is 51.9 Å². The van der Waals surface area contributed by atoms with Crippen LogP contribution in [0.5, 0.6) is 17.2 Å². The van der Waals surface area contributed by atoms with Gasteiger partial charge in [0.15, 0.2) is 11.5 Å². The molecule has 0 aliphatic rings. The van der Waals surface area contributed by atoms with Crippen LogP contribution in [0.4, 0.5) is 11.4 Å². The Morgan fingerprint density at radius 1 is 0.943 bits per heavy atom. The molecule has 0 aliphatic heterocycles. The zero-order valence-electron chi connectivity index (χ0n) is 21.0. The SMILES string of the molecule is CCCCn1nc(C)c(NC(=O)c2ccccc2NC(=O)c2cc(OC)c(OC)c(OC)c2)c1C. The van der Waals surface area contributed by atoms with Crippen molar-refractivity contribution in [3.8, 4) is 17.2 Å². The van der Waals surface area contributed by atoms with Crippen molar-refractivity contribution in [3.05, 3.63) is 58.9 Å². The van der Waals surface area contributed by atoms with Gasteiger partial charge in [-0.15, -0.1) is 0 Å². The van der Waals surface area contributed by atoms with Crippen molar-refractivity contribution in [3.63, 3.8) is 0 Å². The van der Waals surface area contributed by atoms with E-state index in [0.29, 0.717) is 39.8 Å². The van der Waals surface area contributed by atoms with Crippen molar-refractivity contribution in [2.75, 3.05) is 32.0 Å². The van der Waals surface area contributed by atoms with Crippen molar-refractivity contribution < 1.29 is 23.8 Å². The first-order valence-electron chi connectivity index (χ1n) is 11.4. The van der Waals surface area contributed by atoms with Gasteiger partial charge in [0, 0.05) is 12.1 Å². The van der Waals surface area contributed by atoms with E-state index in [9.17, 15) is 9.59 Å². The van der Waals surface area contributed by atoms with E-state index in [2.05, 4.69) is 22.7 Å². The lowest BCUT2D eigenvalue weighted by atomic mass is 10.1. The molecule has 0 unspecified atom stereocenters. The van der Waals surface area contributed by atoms with Gasteiger partial charge < -0.3 is 24.8 Å². The predicted molar refractivity (Wildman–Crippen MR) is 135 cm³/mol. The van der Waals surface area contributed by atoms with Crippen molar-refractivity contribution >= 4 is 23.2 Å². The van der Waals surface area contributed by atoms with Gasteiger partial charge >= 0.3 is 0 Å². The van der Waals surface area contributed by atoms with Crippen LogP contribution < -0.4 is 24.8 Å². The molecule has 2 amide bonds. The average Bonchev–Trinajstić information content (AvgIpc) is 3.13. The summed E-state index contributed by atoms with van der Waals surface area (Å²) in [7, 11) is 4.45. The molecule has 0 saturated heterocycles. The van der Waals surface area contributed by atoms with Gasteiger partial charge in [0.05, 0.1) is 49.7 Å². The van der Waals surface area contributed by atoms with Crippen LogP contribution in [-0.4, -0.2) is 42.9 Å². The van der Waals surface area contributed by atoms with Crippen LogP contribution in [-0.2, 0) is 6.54 Å². The van der Waals surface area contributed by atoms with E-state index < -0.39 is 5.91 Å². The molecule has 186 valence electrons. The number of para-hydroxylation sites is 1.